The number of para-hydroxylation sites is 1. The van der Waals surface area contributed by atoms with Gasteiger partial charge in [0.2, 0.25) is 0 Å². The molecule has 3 heteroatoms. The van der Waals surface area contributed by atoms with Gasteiger partial charge in [-0.15, -0.1) is 11.3 Å². The smallest absolute Gasteiger partial charge is 0.143 e. The number of hydrogen-bond acceptors (Lipinski definition) is 3. The van der Waals surface area contributed by atoms with Crippen molar-refractivity contribution in [3.8, 4) is 33.4 Å². The first kappa shape index (κ1) is 33.7. The topological polar surface area (TPSA) is 16.4 Å². The summed E-state index contributed by atoms with van der Waals surface area (Å²) in [4.78, 5) is 2.37. The second-order valence-corrected chi connectivity index (χ2v) is 16.4. The van der Waals surface area contributed by atoms with E-state index in [0.717, 1.165) is 61.1 Å². The molecule has 0 aliphatic carbocycles. The van der Waals surface area contributed by atoms with Crippen LogP contribution in [0.3, 0.4) is 0 Å². The van der Waals surface area contributed by atoms with Crippen molar-refractivity contribution < 1.29 is 4.42 Å². The van der Waals surface area contributed by atoms with Crippen LogP contribution >= 0.6 is 11.3 Å². The summed E-state index contributed by atoms with van der Waals surface area (Å²) in [6.45, 7) is 0. The minimum absolute atomic E-state index is 0.919. The Morgan fingerprint density at radius 3 is 1.83 bits per heavy atom. The fraction of sp³-hybridized carbons (Fsp3) is 0. The van der Waals surface area contributed by atoms with E-state index < -0.39 is 0 Å². The molecule has 2 nitrogen and oxygen atoms in total. The summed E-state index contributed by atoms with van der Waals surface area (Å²) >= 11 is 1.85. The fourth-order valence-corrected chi connectivity index (χ4v) is 10.1. The average molecular weight is 770 g/mol. The second kappa shape index (κ2) is 13.6. The first-order valence-electron chi connectivity index (χ1n) is 20.1. The van der Waals surface area contributed by atoms with E-state index >= 15 is 0 Å². The number of rotatable bonds is 6. The maximum atomic E-state index is 6.94. The Balaban J connectivity index is 0.994. The van der Waals surface area contributed by atoms with Crippen molar-refractivity contribution in [3.63, 3.8) is 0 Å². The predicted molar refractivity (Wildman–Crippen MR) is 253 cm³/mol. The van der Waals surface area contributed by atoms with Gasteiger partial charge in [-0.3, -0.25) is 0 Å². The van der Waals surface area contributed by atoms with Crippen molar-refractivity contribution >= 4 is 92.1 Å². The van der Waals surface area contributed by atoms with Crippen LogP contribution in [0.15, 0.2) is 217 Å². The van der Waals surface area contributed by atoms with Crippen molar-refractivity contribution in [3.05, 3.63) is 212 Å². The molecule has 0 aliphatic heterocycles. The van der Waals surface area contributed by atoms with Gasteiger partial charge in [0.1, 0.15) is 11.2 Å². The van der Waals surface area contributed by atoms with Crippen LogP contribution in [0.2, 0.25) is 0 Å². The van der Waals surface area contributed by atoms with Crippen molar-refractivity contribution in [2.24, 2.45) is 0 Å². The highest BCUT2D eigenvalue weighted by Crippen LogP contribution is 2.45. The highest BCUT2D eigenvalue weighted by atomic mass is 32.1. The van der Waals surface area contributed by atoms with Crippen LogP contribution < -0.4 is 4.90 Å². The number of anilines is 3. The summed E-state index contributed by atoms with van der Waals surface area (Å²) in [5, 5.41) is 9.55. The van der Waals surface area contributed by atoms with Gasteiger partial charge in [-0.05, 0) is 105 Å². The molecule has 10 aromatic carbocycles. The lowest BCUT2D eigenvalue weighted by Gasteiger charge is -2.26. The zero-order valence-corrected chi connectivity index (χ0v) is 32.8. The summed E-state index contributed by atoms with van der Waals surface area (Å²) in [6, 6.07) is 76.9. The van der Waals surface area contributed by atoms with E-state index in [1.54, 1.807) is 0 Å². The van der Waals surface area contributed by atoms with Gasteiger partial charge in [-0.25, -0.2) is 0 Å². The van der Waals surface area contributed by atoms with Crippen molar-refractivity contribution in [2.75, 3.05) is 4.90 Å². The molecule has 0 radical (unpaired) electrons. The molecular weight excluding hydrogens is 735 g/mol. The first-order chi connectivity index (χ1) is 29.2. The third kappa shape index (κ3) is 5.62. The highest BCUT2D eigenvalue weighted by molar-refractivity contribution is 7.25. The molecule has 0 aliphatic rings. The quantitative estimate of drug-likeness (QED) is 0.167. The number of furan rings is 1. The van der Waals surface area contributed by atoms with E-state index in [4.69, 9.17) is 4.42 Å². The number of hydrogen-bond donors (Lipinski definition) is 0. The Morgan fingerprint density at radius 2 is 0.949 bits per heavy atom. The van der Waals surface area contributed by atoms with Gasteiger partial charge in [0.15, 0.2) is 0 Å². The molecule has 276 valence electrons. The van der Waals surface area contributed by atoms with Crippen LogP contribution in [0.5, 0.6) is 0 Å². The van der Waals surface area contributed by atoms with Crippen LogP contribution in [0, 0.1) is 0 Å². The minimum Gasteiger partial charge on any atom is -0.455 e. The Hall–Kier alpha value is -7.46. The van der Waals surface area contributed by atoms with Gasteiger partial charge in [0.05, 0.1) is 0 Å². The third-order valence-corrected chi connectivity index (χ3v) is 13.0. The number of fused-ring (bicyclic) bond motifs is 9. The lowest BCUT2D eigenvalue weighted by Crippen LogP contribution is -2.10. The third-order valence-electron chi connectivity index (χ3n) is 11.8. The molecule has 0 fully saturated rings. The Kier molecular flexibility index (Phi) is 7.75. The molecular formula is C56H35NOS. The van der Waals surface area contributed by atoms with Gasteiger partial charge >= 0.3 is 0 Å². The van der Waals surface area contributed by atoms with Gasteiger partial charge in [0, 0.05) is 59.0 Å². The number of thiophene rings is 1. The van der Waals surface area contributed by atoms with Crippen molar-refractivity contribution in [1.82, 2.24) is 0 Å². The standard InChI is InChI=1S/C56H35NOS/c1-2-12-36(13-3-1)40-16-10-17-43(32-40)57(44-30-24-37-14-4-5-15-39(37)33-44)42-28-25-38(26-29-42)50-35-52-49-22-11-21-45(55(49)58-56(52)48-20-7-6-18-46(48)50)41-27-31-54-51(34-41)47-19-8-9-23-53(47)59-54/h1-35H. The fourth-order valence-electron chi connectivity index (χ4n) is 8.99. The molecule has 2 aromatic heterocycles. The Bertz CT molecular complexity index is 3560. The van der Waals surface area contributed by atoms with Crippen LogP contribution in [-0.2, 0) is 0 Å². The van der Waals surface area contributed by atoms with E-state index in [2.05, 4.69) is 217 Å². The largest absolute Gasteiger partial charge is 0.455 e. The maximum Gasteiger partial charge on any atom is 0.143 e. The van der Waals surface area contributed by atoms with Gasteiger partial charge in [0.25, 0.3) is 0 Å². The zero-order valence-electron chi connectivity index (χ0n) is 32.0. The zero-order chi connectivity index (χ0) is 38.9. The second-order valence-electron chi connectivity index (χ2n) is 15.3. The summed E-state index contributed by atoms with van der Waals surface area (Å²) in [7, 11) is 0. The van der Waals surface area contributed by atoms with E-state index in [-0.39, 0.29) is 0 Å². The maximum absolute atomic E-state index is 6.94. The summed E-state index contributed by atoms with van der Waals surface area (Å²) < 4.78 is 9.55. The molecule has 59 heavy (non-hydrogen) atoms. The molecule has 2 heterocycles. The van der Waals surface area contributed by atoms with Gasteiger partial charge in [-0.2, -0.15) is 0 Å². The summed E-state index contributed by atoms with van der Waals surface area (Å²) in [5.74, 6) is 0. The lowest BCUT2D eigenvalue weighted by atomic mass is 9.94. The molecule has 12 aromatic rings. The number of benzene rings is 10. The monoisotopic (exact) mass is 769 g/mol. The molecule has 0 amide bonds. The summed E-state index contributed by atoms with van der Waals surface area (Å²) in [5.41, 5.74) is 12.1. The minimum atomic E-state index is 0.919. The van der Waals surface area contributed by atoms with Gasteiger partial charge in [-0.1, -0.05) is 152 Å². The van der Waals surface area contributed by atoms with Crippen LogP contribution in [0.4, 0.5) is 17.1 Å². The molecule has 0 saturated heterocycles. The molecule has 0 unspecified atom stereocenters. The predicted octanol–water partition coefficient (Wildman–Crippen LogP) is 16.7. The van der Waals surface area contributed by atoms with E-state index in [1.165, 1.54) is 53.0 Å². The average Bonchev–Trinajstić information content (AvgIpc) is 3.88. The molecule has 0 atom stereocenters. The molecule has 0 N–H and O–H groups in total. The molecule has 0 saturated carbocycles. The highest BCUT2D eigenvalue weighted by Gasteiger charge is 2.19. The Morgan fingerprint density at radius 1 is 0.305 bits per heavy atom. The lowest BCUT2D eigenvalue weighted by molar-refractivity contribution is 0.674. The van der Waals surface area contributed by atoms with Crippen LogP contribution in [-0.4, -0.2) is 0 Å². The molecule has 0 spiro atoms. The van der Waals surface area contributed by atoms with E-state index in [9.17, 15) is 0 Å². The molecule has 12 rings (SSSR count). The van der Waals surface area contributed by atoms with E-state index in [1.807, 2.05) is 11.3 Å². The van der Waals surface area contributed by atoms with Crippen LogP contribution in [0.25, 0.3) is 97.0 Å². The van der Waals surface area contributed by atoms with Crippen molar-refractivity contribution in [1.29, 1.82) is 0 Å². The van der Waals surface area contributed by atoms with Crippen molar-refractivity contribution in [2.45, 2.75) is 0 Å². The SMILES string of the molecule is c1ccc(-c2cccc(N(c3ccc(-c4cc5c6cccc(-c7ccc8sc9ccccc9c8c7)c6oc5c5ccccc45)cc3)c3ccc4ccccc4c3)c2)cc1. The van der Waals surface area contributed by atoms with Gasteiger partial charge < -0.3 is 9.32 Å². The first-order valence-corrected chi connectivity index (χ1v) is 20.9. The van der Waals surface area contributed by atoms with Crippen LogP contribution in [0.1, 0.15) is 0 Å². The molecule has 0 bridgehead atoms. The summed E-state index contributed by atoms with van der Waals surface area (Å²) in [6.07, 6.45) is 0. The number of nitrogens with zero attached hydrogens (tertiary/aromatic N) is 1. The van der Waals surface area contributed by atoms with E-state index in [0.29, 0.717) is 0 Å². The normalized spacial score (nSPS) is 11.7. The Labute approximate surface area is 345 Å².